The van der Waals surface area contributed by atoms with E-state index in [2.05, 4.69) is 11.9 Å². The number of rotatable bonds is 4. The summed E-state index contributed by atoms with van der Waals surface area (Å²) in [5, 5.41) is 0. The molecule has 0 spiro atoms. The highest BCUT2D eigenvalue weighted by Gasteiger charge is 2.21. The van der Waals surface area contributed by atoms with Crippen LogP contribution in [0, 0.1) is 0 Å². The normalized spacial score (nSPS) is 15.7. The first-order valence-corrected chi connectivity index (χ1v) is 7.94. The van der Waals surface area contributed by atoms with E-state index in [1.807, 2.05) is 18.7 Å². The predicted molar refractivity (Wildman–Crippen MR) is 87.1 cm³/mol. The van der Waals surface area contributed by atoms with Crippen LogP contribution in [0.5, 0.6) is 0 Å². The van der Waals surface area contributed by atoms with E-state index in [1.165, 1.54) is 0 Å². The molecule has 0 N–H and O–H groups in total. The zero-order valence-electron chi connectivity index (χ0n) is 13.7. The summed E-state index contributed by atoms with van der Waals surface area (Å²) in [6.45, 7) is 8.53. The lowest BCUT2D eigenvalue weighted by Gasteiger charge is -2.32. The van der Waals surface area contributed by atoms with Crippen molar-refractivity contribution in [2.75, 3.05) is 46.3 Å². The van der Waals surface area contributed by atoms with Gasteiger partial charge in [0.2, 0.25) is 0 Å². The second kappa shape index (κ2) is 7.40. The zero-order valence-corrected chi connectivity index (χ0v) is 13.7. The number of hydrogen-bond acceptors (Lipinski definition) is 3. The Balaban J connectivity index is 2.14. The molecule has 5 nitrogen and oxygen atoms in total. The van der Waals surface area contributed by atoms with Crippen molar-refractivity contribution in [1.29, 1.82) is 0 Å². The summed E-state index contributed by atoms with van der Waals surface area (Å²) in [4.78, 5) is 30.8. The molecule has 5 heteroatoms. The Labute approximate surface area is 132 Å². The van der Waals surface area contributed by atoms with Gasteiger partial charge in [-0.25, -0.2) is 0 Å². The van der Waals surface area contributed by atoms with Crippen LogP contribution in [0.25, 0.3) is 0 Å². The lowest BCUT2D eigenvalue weighted by molar-refractivity contribution is 0.0664. The third kappa shape index (κ3) is 3.65. The van der Waals surface area contributed by atoms with Crippen LogP contribution in [0.1, 0.15) is 34.6 Å². The van der Waals surface area contributed by atoms with Gasteiger partial charge in [0.15, 0.2) is 0 Å². The quantitative estimate of drug-likeness (QED) is 0.848. The van der Waals surface area contributed by atoms with E-state index in [0.717, 1.165) is 26.2 Å². The first-order valence-electron chi connectivity index (χ1n) is 7.94. The molecule has 0 aliphatic carbocycles. The summed E-state index contributed by atoms with van der Waals surface area (Å²) in [6, 6.07) is 7.09. The Bertz CT molecular complexity index is 532. The van der Waals surface area contributed by atoms with E-state index >= 15 is 0 Å². The lowest BCUT2D eigenvalue weighted by Crippen LogP contribution is -2.47. The fraction of sp³-hybridized carbons (Fsp3) is 0.529. The molecule has 0 unspecified atom stereocenters. The molecular weight excluding hydrogens is 278 g/mol. The van der Waals surface area contributed by atoms with Crippen molar-refractivity contribution in [1.82, 2.24) is 14.7 Å². The maximum Gasteiger partial charge on any atom is 0.253 e. The van der Waals surface area contributed by atoms with Crippen LogP contribution in [0.4, 0.5) is 0 Å². The summed E-state index contributed by atoms with van der Waals surface area (Å²) in [6.07, 6.45) is 0. The lowest BCUT2D eigenvalue weighted by atomic mass is 10.1. The highest BCUT2D eigenvalue weighted by atomic mass is 16.2. The molecule has 0 radical (unpaired) electrons. The predicted octanol–water partition coefficient (Wildman–Crippen LogP) is 1.56. The molecule has 1 fully saturated rings. The topological polar surface area (TPSA) is 43.9 Å². The van der Waals surface area contributed by atoms with Gasteiger partial charge in [-0.05, 0) is 39.1 Å². The third-order valence-corrected chi connectivity index (χ3v) is 4.20. The first-order chi connectivity index (χ1) is 10.6. The summed E-state index contributed by atoms with van der Waals surface area (Å²) in [5.41, 5.74) is 1.19. The molecule has 0 bridgehead atoms. The third-order valence-electron chi connectivity index (χ3n) is 4.20. The maximum atomic E-state index is 12.6. The van der Waals surface area contributed by atoms with Gasteiger partial charge in [-0.1, -0.05) is 6.07 Å². The molecule has 1 saturated heterocycles. The number of likely N-dealkylation sites (N-methyl/N-ethyl adjacent to an activating group) is 1. The molecule has 0 atom stereocenters. The van der Waals surface area contributed by atoms with Gasteiger partial charge in [0.25, 0.3) is 11.8 Å². The molecule has 1 aliphatic rings. The summed E-state index contributed by atoms with van der Waals surface area (Å²) in [7, 11) is 2.06. The van der Waals surface area contributed by atoms with Gasteiger partial charge >= 0.3 is 0 Å². The zero-order chi connectivity index (χ0) is 16.1. The van der Waals surface area contributed by atoms with Gasteiger partial charge in [-0.2, -0.15) is 0 Å². The van der Waals surface area contributed by atoms with Crippen LogP contribution in [0.15, 0.2) is 24.3 Å². The summed E-state index contributed by atoms with van der Waals surface area (Å²) in [5.74, 6) is 0.000300. The summed E-state index contributed by atoms with van der Waals surface area (Å²) >= 11 is 0. The minimum Gasteiger partial charge on any atom is -0.339 e. The molecule has 1 aromatic rings. The van der Waals surface area contributed by atoms with E-state index in [-0.39, 0.29) is 11.8 Å². The average Bonchev–Trinajstić information content (AvgIpc) is 2.56. The smallest absolute Gasteiger partial charge is 0.253 e. The Hall–Kier alpha value is -1.88. The fourth-order valence-corrected chi connectivity index (χ4v) is 2.67. The number of piperazine rings is 1. The molecule has 2 amide bonds. The largest absolute Gasteiger partial charge is 0.339 e. The van der Waals surface area contributed by atoms with Crippen molar-refractivity contribution in [2.45, 2.75) is 13.8 Å². The van der Waals surface area contributed by atoms with Crippen molar-refractivity contribution in [3.63, 3.8) is 0 Å². The monoisotopic (exact) mass is 303 g/mol. The van der Waals surface area contributed by atoms with Gasteiger partial charge in [0.05, 0.1) is 0 Å². The molecule has 2 rings (SSSR count). The molecule has 0 saturated carbocycles. The Kier molecular flexibility index (Phi) is 5.55. The standard InChI is InChI=1S/C17H25N3O2/c1-4-19(5-2)16(21)14-7-6-8-15(13-14)17(22)20-11-9-18(3)10-12-20/h6-8,13H,4-5,9-12H2,1-3H3. The van der Waals surface area contributed by atoms with Crippen molar-refractivity contribution < 1.29 is 9.59 Å². The Morgan fingerprint density at radius 3 is 2.23 bits per heavy atom. The van der Waals surface area contributed by atoms with Crippen LogP contribution < -0.4 is 0 Å². The van der Waals surface area contributed by atoms with E-state index < -0.39 is 0 Å². The van der Waals surface area contributed by atoms with Crippen LogP contribution in [0.2, 0.25) is 0 Å². The van der Waals surface area contributed by atoms with E-state index in [1.54, 1.807) is 29.2 Å². The number of carbonyl (C=O) groups is 2. The van der Waals surface area contributed by atoms with Crippen molar-refractivity contribution in [2.24, 2.45) is 0 Å². The van der Waals surface area contributed by atoms with Gasteiger partial charge in [0, 0.05) is 50.4 Å². The highest BCUT2D eigenvalue weighted by Crippen LogP contribution is 2.12. The van der Waals surface area contributed by atoms with E-state index in [4.69, 9.17) is 0 Å². The number of carbonyl (C=O) groups excluding carboxylic acids is 2. The highest BCUT2D eigenvalue weighted by molar-refractivity contribution is 5.99. The van der Waals surface area contributed by atoms with Crippen LogP contribution in [-0.4, -0.2) is 72.8 Å². The maximum absolute atomic E-state index is 12.6. The molecule has 1 aromatic carbocycles. The number of benzene rings is 1. The number of hydrogen-bond donors (Lipinski definition) is 0. The average molecular weight is 303 g/mol. The van der Waals surface area contributed by atoms with Gasteiger partial charge in [-0.3, -0.25) is 9.59 Å². The van der Waals surface area contributed by atoms with Crippen LogP contribution in [-0.2, 0) is 0 Å². The Morgan fingerprint density at radius 2 is 1.64 bits per heavy atom. The molecular formula is C17H25N3O2. The van der Waals surface area contributed by atoms with E-state index in [9.17, 15) is 9.59 Å². The second-order valence-electron chi connectivity index (χ2n) is 5.65. The summed E-state index contributed by atoms with van der Waals surface area (Å²) < 4.78 is 0. The minimum absolute atomic E-state index is 0.0157. The van der Waals surface area contributed by atoms with Gasteiger partial charge in [0.1, 0.15) is 0 Å². The molecule has 1 heterocycles. The van der Waals surface area contributed by atoms with Gasteiger partial charge in [-0.15, -0.1) is 0 Å². The molecule has 22 heavy (non-hydrogen) atoms. The van der Waals surface area contributed by atoms with E-state index in [0.29, 0.717) is 24.2 Å². The molecule has 1 aliphatic heterocycles. The molecule has 120 valence electrons. The van der Waals surface area contributed by atoms with Crippen molar-refractivity contribution in [3.8, 4) is 0 Å². The SMILES string of the molecule is CCN(CC)C(=O)c1cccc(C(=O)N2CCN(C)CC2)c1. The van der Waals surface area contributed by atoms with Crippen LogP contribution >= 0.6 is 0 Å². The number of nitrogens with zero attached hydrogens (tertiary/aromatic N) is 3. The van der Waals surface area contributed by atoms with Crippen molar-refractivity contribution >= 4 is 11.8 Å². The van der Waals surface area contributed by atoms with Gasteiger partial charge < -0.3 is 14.7 Å². The first kappa shape index (κ1) is 16.5. The molecule has 0 aromatic heterocycles. The Morgan fingerprint density at radius 1 is 1.05 bits per heavy atom. The van der Waals surface area contributed by atoms with Crippen LogP contribution in [0.3, 0.4) is 0 Å². The second-order valence-corrected chi connectivity index (χ2v) is 5.65. The van der Waals surface area contributed by atoms with Crippen molar-refractivity contribution in [3.05, 3.63) is 35.4 Å². The number of amides is 2. The fourth-order valence-electron chi connectivity index (χ4n) is 2.67. The minimum atomic E-state index is -0.0157.